The molecule has 1 fully saturated rings. The van der Waals surface area contributed by atoms with Crippen molar-refractivity contribution in [2.24, 2.45) is 5.92 Å². The summed E-state index contributed by atoms with van der Waals surface area (Å²) in [5, 5.41) is 8.66. The van der Waals surface area contributed by atoms with Crippen LogP contribution in [0.15, 0.2) is 0 Å². The largest absolute Gasteiger partial charge is 0.396 e. The van der Waals surface area contributed by atoms with Gasteiger partial charge in [-0.2, -0.15) is 0 Å². The predicted octanol–water partition coefficient (Wildman–Crippen LogP) is 1.54. The summed E-state index contributed by atoms with van der Waals surface area (Å²) in [4.78, 5) is 0.680. The number of aliphatic hydroxyl groups is 1. The summed E-state index contributed by atoms with van der Waals surface area (Å²) >= 11 is 3.51. The standard InChI is InChI=1S/C6H11BrO/c7-6-2-1-5(3-6)4-8/h5-6,8H,1-4H2. The first kappa shape index (κ1) is 6.56. The molecule has 1 aliphatic carbocycles. The molecule has 0 amide bonds. The Kier molecular flexibility index (Phi) is 2.32. The van der Waals surface area contributed by atoms with Crippen LogP contribution in [-0.4, -0.2) is 16.5 Å². The Morgan fingerprint density at radius 1 is 1.50 bits per heavy atom. The van der Waals surface area contributed by atoms with Crippen molar-refractivity contribution >= 4 is 15.9 Å². The van der Waals surface area contributed by atoms with Crippen molar-refractivity contribution in [2.45, 2.75) is 24.1 Å². The normalized spacial score (nSPS) is 38.2. The highest BCUT2D eigenvalue weighted by Crippen LogP contribution is 2.29. The average Bonchev–Trinajstić information content (AvgIpc) is 2.14. The minimum absolute atomic E-state index is 0.377. The Hall–Kier alpha value is 0.440. The molecule has 1 aliphatic rings. The lowest BCUT2D eigenvalue weighted by molar-refractivity contribution is 0.230. The molecule has 8 heavy (non-hydrogen) atoms. The molecule has 1 N–H and O–H groups in total. The molecule has 1 nitrogen and oxygen atoms in total. The maximum Gasteiger partial charge on any atom is 0.0459 e. The van der Waals surface area contributed by atoms with Crippen molar-refractivity contribution in [3.63, 3.8) is 0 Å². The van der Waals surface area contributed by atoms with Crippen LogP contribution < -0.4 is 0 Å². The first-order valence-electron chi connectivity index (χ1n) is 3.08. The van der Waals surface area contributed by atoms with Crippen LogP contribution in [0.4, 0.5) is 0 Å². The Bertz CT molecular complexity index is 74.9. The second-order valence-corrected chi connectivity index (χ2v) is 3.75. The van der Waals surface area contributed by atoms with Crippen molar-refractivity contribution in [3.8, 4) is 0 Å². The quantitative estimate of drug-likeness (QED) is 0.605. The summed E-state index contributed by atoms with van der Waals surface area (Å²) in [6, 6.07) is 0. The maximum absolute atomic E-state index is 8.66. The number of aliphatic hydroxyl groups excluding tert-OH is 1. The van der Waals surface area contributed by atoms with Crippen molar-refractivity contribution < 1.29 is 5.11 Å². The van der Waals surface area contributed by atoms with Crippen LogP contribution in [-0.2, 0) is 0 Å². The molecule has 1 rings (SSSR count). The number of rotatable bonds is 1. The van der Waals surface area contributed by atoms with Gasteiger partial charge in [-0.3, -0.25) is 0 Å². The second-order valence-electron chi connectivity index (χ2n) is 2.46. The van der Waals surface area contributed by atoms with E-state index in [1.54, 1.807) is 0 Å². The Balaban J connectivity index is 2.22. The zero-order valence-electron chi connectivity index (χ0n) is 4.81. The maximum atomic E-state index is 8.66. The molecule has 0 radical (unpaired) electrons. The monoisotopic (exact) mass is 178 g/mol. The molecule has 0 spiro atoms. The molecule has 2 heteroatoms. The van der Waals surface area contributed by atoms with Gasteiger partial charge < -0.3 is 5.11 Å². The van der Waals surface area contributed by atoms with Crippen LogP contribution in [0.2, 0.25) is 0 Å². The molecule has 48 valence electrons. The predicted molar refractivity (Wildman–Crippen MR) is 37.1 cm³/mol. The third-order valence-corrected chi connectivity index (χ3v) is 2.57. The minimum atomic E-state index is 0.377. The number of hydrogen-bond donors (Lipinski definition) is 1. The van der Waals surface area contributed by atoms with Crippen LogP contribution in [0.25, 0.3) is 0 Å². The third-order valence-electron chi connectivity index (χ3n) is 1.74. The smallest absolute Gasteiger partial charge is 0.0459 e. The summed E-state index contributed by atoms with van der Waals surface area (Å²) in [5.41, 5.74) is 0. The summed E-state index contributed by atoms with van der Waals surface area (Å²) in [5.74, 6) is 0.583. The molecule has 0 saturated heterocycles. The first-order chi connectivity index (χ1) is 3.83. The van der Waals surface area contributed by atoms with E-state index < -0.39 is 0 Å². The topological polar surface area (TPSA) is 20.2 Å². The zero-order chi connectivity index (χ0) is 5.98. The van der Waals surface area contributed by atoms with Gasteiger partial charge in [0.25, 0.3) is 0 Å². The van der Waals surface area contributed by atoms with Gasteiger partial charge in [0.2, 0.25) is 0 Å². The number of hydrogen-bond acceptors (Lipinski definition) is 1. The molecule has 2 unspecified atom stereocenters. The van der Waals surface area contributed by atoms with E-state index in [1.165, 1.54) is 12.8 Å². The molecule has 0 bridgehead atoms. The zero-order valence-corrected chi connectivity index (χ0v) is 6.39. The lowest BCUT2D eigenvalue weighted by Crippen LogP contribution is -1.99. The fourth-order valence-corrected chi connectivity index (χ4v) is 1.97. The molecule has 1 saturated carbocycles. The summed E-state index contributed by atoms with van der Waals surface area (Å²) in [7, 11) is 0. The van der Waals surface area contributed by atoms with Crippen molar-refractivity contribution in [3.05, 3.63) is 0 Å². The molecule has 2 atom stereocenters. The van der Waals surface area contributed by atoms with Crippen molar-refractivity contribution in [2.75, 3.05) is 6.61 Å². The van der Waals surface area contributed by atoms with E-state index in [2.05, 4.69) is 15.9 Å². The Morgan fingerprint density at radius 3 is 2.50 bits per heavy atom. The first-order valence-corrected chi connectivity index (χ1v) is 3.99. The molecule has 0 aliphatic heterocycles. The van der Waals surface area contributed by atoms with E-state index in [9.17, 15) is 0 Å². The molecule has 0 aromatic carbocycles. The molecular formula is C6H11BrO. The highest BCUT2D eigenvalue weighted by Gasteiger charge is 2.20. The third kappa shape index (κ3) is 1.46. The van der Waals surface area contributed by atoms with Gasteiger partial charge in [-0.15, -0.1) is 0 Å². The van der Waals surface area contributed by atoms with Crippen LogP contribution in [0.3, 0.4) is 0 Å². The summed E-state index contributed by atoms with van der Waals surface area (Å²) in [6.45, 7) is 0.377. The van der Waals surface area contributed by atoms with Gasteiger partial charge in [-0.1, -0.05) is 15.9 Å². The SMILES string of the molecule is OCC1CCC(Br)C1. The van der Waals surface area contributed by atoms with E-state index in [1.807, 2.05) is 0 Å². The van der Waals surface area contributed by atoms with Gasteiger partial charge >= 0.3 is 0 Å². The minimum Gasteiger partial charge on any atom is -0.396 e. The molecule has 0 heterocycles. The molecule has 0 aromatic rings. The highest BCUT2D eigenvalue weighted by molar-refractivity contribution is 9.09. The van der Waals surface area contributed by atoms with E-state index in [0.717, 1.165) is 6.42 Å². The van der Waals surface area contributed by atoms with E-state index in [4.69, 9.17) is 5.11 Å². The number of halogens is 1. The van der Waals surface area contributed by atoms with Gasteiger partial charge in [-0.25, -0.2) is 0 Å². The lowest BCUT2D eigenvalue weighted by atomic mass is 10.1. The van der Waals surface area contributed by atoms with Crippen LogP contribution in [0, 0.1) is 5.92 Å². The van der Waals surface area contributed by atoms with Gasteiger partial charge in [0.15, 0.2) is 0 Å². The van der Waals surface area contributed by atoms with Gasteiger partial charge in [0.1, 0.15) is 0 Å². The van der Waals surface area contributed by atoms with Gasteiger partial charge in [0.05, 0.1) is 0 Å². The van der Waals surface area contributed by atoms with Crippen LogP contribution >= 0.6 is 15.9 Å². The van der Waals surface area contributed by atoms with Gasteiger partial charge in [0, 0.05) is 11.4 Å². The van der Waals surface area contributed by atoms with Crippen LogP contribution in [0.5, 0.6) is 0 Å². The second kappa shape index (κ2) is 2.83. The van der Waals surface area contributed by atoms with Crippen molar-refractivity contribution in [1.82, 2.24) is 0 Å². The summed E-state index contributed by atoms with van der Waals surface area (Å²) in [6.07, 6.45) is 3.61. The van der Waals surface area contributed by atoms with E-state index >= 15 is 0 Å². The van der Waals surface area contributed by atoms with Crippen molar-refractivity contribution in [1.29, 1.82) is 0 Å². The van der Waals surface area contributed by atoms with Crippen LogP contribution in [0.1, 0.15) is 19.3 Å². The molecular weight excluding hydrogens is 168 g/mol. The fourth-order valence-electron chi connectivity index (χ4n) is 1.18. The van der Waals surface area contributed by atoms with Gasteiger partial charge in [-0.05, 0) is 25.2 Å². The fraction of sp³-hybridized carbons (Fsp3) is 1.00. The molecule has 0 aromatic heterocycles. The average molecular weight is 179 g/mol. The van der Waals surface area contributed by atoms with E-state index in [0.29, 0.717) is 17.4 Å². The Morgan fingerprint density at radius 2 is 2.25 bits per heavy atom. The lowest BCUT2D eigenvalue weighted by Gasteiger charge is -2.00. The Labute approximate surface area is 58.2 Å². The van der Waals surface area contributed by atoms with E-state index in [-0.39, 0.29) is 0 Å². The number of alkyl halides is 1. The summed E-state index contributed by atoms with van der Waals surface area (Å²) < 4.78 is 0. The highest BCUT2D eigenvalue weighted by atomic mass is 79.9.